The van der Waals surface area contributed by atoms with Crippen LogP contribution in [0.2, 0.25) is 5.02 Å². The van der Waals surface area contributed by atoms with E-state index in [4.69, 9.17) is 16.3 Å². The third kappa shape index (κ3) is 4.39. The number of rotatable bonds is 5. The average molecular weight is 305 g/mol. The zero-order chi connectivity index (χ0) is 15.2. The van der Waals surface area contributed by atoms with Crippen molar-refractivity contribution in [1.82, 2.24) is 0 Å². The number of carbonyl (C=O) groups excluding carboxylic acids is 1. The van der Waals surface area contributed by atoms with E-state index in [1.807, 2.05) is 31.2 Å². The largest absolute Gasteiger partial charge is 0.495 e. The highest BCUT2D eigenvalue weighted by Gasteiger charge is 2.08. The minimum atomic E-state index is -0.170. The van der Waals surface area contributed by atoms with Gasteiger partial charge >= 0.3 is 0 Å². The molecule has 0 spiro atoms. The minimum absolute atomic E-state index is 0.165. The van der Waals surface area contributed by atoms with Crippen LogP contribution in [0.1, 0.15) is 5.56 Å². The van der Waals surface area contributed by atoms with E-state index < -0.39 is 0 Å². The molecule has 21 heavy (non-hydrogen) atoms. The highest BCUT2D eigenvalue weighted by atomic mass is 35.5. The lowest BCUT2D eigenvalue weighted by Gasteiger charge is -2.11. The molecule has 4 nitrogen and oxygen atoms in total. The van der Waals surface area contributed by atoms with Crippen molar-refractivity contribution in [2.45, 2.75) is 6.92 Å². The van der Waals surface area contributed by atoms with Gasteiger partial charge in [-0.2, -0.15) is 0 Å². The van der Waals surface area contributed by atoms with Crippen molar-refractivity contribution in [3.05, 3.63) is 53.1 Å². The highest BCUT2D eigenvalue weighted by molar-refractivity contribution is 6.31. The van der Waals surface area contributed by atoms with Crippen molar-refractivity contribution < 1.29 is 9.53 Å². The predicted molar refractivity (Wildman–Crippen MR) is 86.3 cm³/mol. The van der Waals surface area contributed by atoms with Crippen LogP contribution in [-0.2, 0) is 4.79 Å². The van der Waals surface area contributed by atoms with Gasteiger partial charge in [0.15, 0.2) is 0 Å². The van der Waals surface area contributed by atoms with Crippen LogP contribution in [0, 0.1) is 6.92 Å². The number of anilines is 2. The molecule has 0 aromatic heterocycles. The Bertz CT molecular complexity index is 627. The molecule has 0 saturated carbocycles. The topological polar surface area (TPSA) is 50.4 Å². The number of aryl methyl sites for hydroxylation is 1. The number of hydrogen-bond donors (Lipinski definition) is 2. The van der Waals surface area contributed by atoms with Crippen molar-refractivity contribution in [3.63, 3.8) is 0 Å². The maximum atomic E-state index is 12.0. The van der Waals surface area contributed by atoms with Crippen molar-refractivity contribution in [2.24, 2.45) is 0 Å². The van der Waals surface area contributed by atoms with Crippen molar-refractivity contribution >= 4 is 28.9 Å². The van der Waals surface area contributed by atoms with E-state index in [9.17, 15) is 4.79 Å². The Morgan fingerprint density at radius 1 is 1.19 bits per heavy atom. The first-order valence-corrected chi connectivity index (χ1v) is 6.90. The summed E-state index contributed by atoms with van der Waals surface area (Å²) in [5, 5.41) is 6.37. The lowest BCUT2D eigenvalue weighted by Crippen LogP contribution is -2.22. The molecule has 110 valence electrons. The number of carbonyl (C=O) groups is 1. The first-order valence-electron chi connectivity index (χ1n) is 6.52. The van der Waals surface area contributed by atoms with Crippen LogP contribution >= 0.6 is 11.6 Å². The molecular weight excluding hydrogens is 288 g/mol. The summed E-state index contributed by atoms with van der Waals surface area (Å²) >= 11 is 5.92. The normalized spacial score (nSPS) is 10.0. The van der Waals surface area contributed by atoms with Crippen LogP contribution < -0.4 is 15.4 Å². The molecule has 0 aliphatic carbocycles. The first kappa shape index (κ1) is 15.2. The number of halogens is 1. The predicted octanol–water partition coefficient (Wildman–Crippen LogP) is 3.71. The Morgan fingerprint density at radius 3 is 2.57 bits per heavy atom. The summed E-state index contributed by atoms with van der Waals surface area (Å²) in [5.41, 5.74) is 2.63. The van der Waals surface area contributed by atoms with Gasteiger partial charge in [-0.25, -0.2) is 0 Å². The number of benzene rings is 2. The number of methoxy groups -OCH3 is 1. The van der Waals surface area contributed by atoms with E-state index in [1.54, 1.807) is 25.3 Å². The molecule has 0 atom stereocenters. The molecule has 2 N–H and O–H groups in total. The van der Waals surface area contributed by atoms with Gasteiger partial charge in [-0.1, -0.05) is 29.3 Å². The van der Waals surface area contributed by atoms with Gasteiger partial charge < -0.3 is 15.4 Å². The molecule has 0 bridgehead atoms. The van der Waals surface area contributed by atoms with Crippen molar-refractivity contribution in [3.8, 4) is 5.75 Å². The van der Waals surface area contributed by atoms with E-state index >= 15 is 0 Å². The molecule has 1 amide bonds. The maximum absolute atomic E-state index is 12.0. The van der Waals surface area contributed by atoms with E-state index in [0.29, 0.717) is 16.5 Å². The third-order valence-corrected chi connectivity index (χ3v) is 3.18. The molecule has 5 heteroatoms. The Balaban J connectivity index is 1.95. The van der Waals surface area contributed by atoms with E-state index in [-0.39, 0.29) is 12.5 Å². The third-order valence-electron chi connectivity index (χ3n) is 2.94. The zero-order valence-electron chi connectivity index (χ0n) is 11.9. The summed E-state index contributed by atoms with van der Waals surface area (Å²) < 4.78 is 5.18. The van der Waals surface area contributed by atoms with Gasteiger partial charge in [0.25, 0.3) is 0 Å². The van der Waals surface area contributed by atoms with Gasteiger partial charge in [-0.3, -0.25) is 4.79 Å². The fraction of sp³-hybridized carbons (Fsp3) is 0.188. The van der Waals surface area contributed by atoms with Crippen molar-refractivity contribution in [1.29, 1.82) is 0 Å². The quantitative estimate of drug-likeness (QED) is 0.885. The molecule has 2 aromatic rings. The molecule has 0 radical (unpaired) electrons. The number of ether oxygens (including phenoxy) is 1. The highest BCUT2D eigenvalue weighted by Crippen LogP contribution is 2.27. The molecule has 2 rings (SSSR count). The summed E-state index contributed by atoms with van der Waals surface area (Å²) in [5.74, 6) is 0.402. The lowest BCUT2D eigenvalue weighted by atomic mass is 10.2. The second-order valence-electron chi connectivity index (χ2n) is 4.61. The summed E-state index contributed by atoms with van der Waals surface area (Å²) in [7, 11) is 1.55. The fourth-order valence-electron chi connectivity index (χ4n) is 1.83. The number of nitrogens with one attached hydrogen (secondary N) is 2. The second-order valence-corrected chi connectivity index (χ2v) is 5.05. The fourth-order valence-corrected chi connectivity index (χ4v) is 2.00. The molecule has 0 unspecified atom stereocenters. The summed E-state index contributed by atoms with van der Waals surface area (Å²) in [6, 6.07) is 12.9. The number of hydrogen-bond acceptors (Lipinski definition) is 3. The van der Waals surface area contributed by atoms with Crippen LogP contribution in [0.5, 0.6) is 5.75 Å². The van der Waals surface area contributed by atoms with Crippen LogP contribution in [0.25, 0.3) is 0 Å². The molecule has 0 fully saturated rings. The molecule has 0 aliphatic heterocycles. The number of amides is 1. The summed E-state index contributed by atoms with van der Waals surface area (Å²) in [4.78, 5) is 12.0. The van der Waals surface area contributed by atoms with Crippen molar-refractivity contribution in [2.75, 3.05) is 24.3 Å². The van der Waals surface area contributed by atoms with Gasteiger partial charge in [-0.05, 0) is 37.3 Å². The maximum Gasteiger partial charge on any atom is 0.243 e. The van der Waals surface area contributed by atoms with E-state index in [0.717, 1.165) is 5.69 Å². The van der Waals surface area contributed by atoms with Gasteiger partial charge in [0.2, 0.25) is 5.91 Å². The Labute approximate surface area is 129 Å². The molecular formula is C16H17ClN2O2. The van der Waals surface area contributed by atoms with Crippen LogP contribution in [0.4, 0.5) is 11.4 Å². The van der Waals surface area contributed by atoms with Gasteiger partial charge in [0.1, 0.15) is 5.75 Å². The summed E-state index contributed by atoms with van der Waals surface area (Å²) in [6.45, 7) is 2.18. The lowest BCUT2D eigenvalue weighted by molar-refractivity contribution is -0.114. The van der Waals surface area contributed by atoms with Crippen LogP contribution in [-0.4, -0.2) is 19.6 Å². The zero-order valence-corrected chi connectivity index (χ0v) is 12.7. The van der Waals surface area contributed by atoms with Crippen LogP contribution in [0.15, 0.2) is 42.5 Å². The monoisotopic (exact) mass is 304 g/mol. The van der Waals surface area contributed by atoms with Gasteiger partial charge in [0, 0.05) is 10.7 Å². The Hall–Kier alpha value is -2.20. The summed E-state index contributed by atoms with van der Waals surface area (Å²) in [6.07, 6.45) is 0. The Morgan fingerprint density at radius 2 is 1.90 bits per heavy atom. The smallest absolute Gasteiger partial charge is 0.243 e. The second kappa shape index (κ2) is 6.99. The molecule has 0 aliphatic rings. The van der Waals surface area contributed by atoms with E-state index in [2.05, 4.69) is 10.6 Å². The van der Waals surface area contributed by atoms with Gasteiger partial charge in [-0.15, -0.1) is 0 Å². The molecule has 2 aromatic carbocycles. The first-order chi connectivity index (χ1) is 10.1. The SMILES string of the molecule is COc1ccc(Cl)cc1NC(=O)CNc1ccc(C)cc1. The minimum Gasteiger partial charge on any atom is -0.495 e. The standard InChI is InChI=1S/C16H17ClN2O2/c1-11-3-6-13(7-4-11)18-10-16(20)19-14-9-12(17)5-8-15(14)21-2/h3-9,18H,10H2,1-2H3,(H,19,20). The van der Waals surface area contributed by atoms with Crippen LogP contribution in [0.3, 0.4) is 0 Å². The molecule has 0 heterocycles. The Kier molecular flexibility index (Phi) is 5.06. The van der Waals surface area contributed by atoms with Gasteiger partial charge in [0.05, 0.1) is 19.3 Å². The molecule has 0 saturated heterocycles. The average Bonchev–Trinajstić information content (AvgIpc) is 2.47. The van der Waals surface area contributed by atoms with E-state index in [1.165, 1.54) is 5.56 Å².